The standard InChI is InChI=1S/C17H19ClO5/c1-12(2)17(21)22-11-14(18)8-9-15(19)23-16(20)10-13-6-4-3-5-7-13/h3-7,14H,1,8-11H2,2H3. The molecule has 1 unspecified atom stereocenters. The van der Waals surface area contributed by atoms with Crippen LogP contribution in [0.3, 0.4) is 0 Å². The Morgan fingerprint density at radius 2 is 1.83 bits per heavy atom. The Morgan fingerprint density at radius 3 is 2.43 bits per heavy atom. The number of carbonyl (C=O) groups is 3. The Kier molecular flexibility index (Phi) is 8.05. The van der Waals surface area contributed by atoms with E-state index in [1.807, 2.05) is 6.07 Å². The van der Waals surface area contributed by atoms with Gasteiger partial charge in [0.15, 0.2) is 0 Å². The van der Waals surface area contributed by atoms with Crippen molar-refractivity contribution in [1.29, 1.82) is 0 Å². The average Bonchev–Trinajstić information content (AvgIpc) is 2.51. The van der Waals surface area contributed by atoms with Crippen LogP contribution >= 0.6 is 11.6 Å². The van der Waals surface area contributed by atoms with Crippen molar-refractivity contribution in [2.75, 3.05) is 6.61 Å². The highest BCUT2D eigenvalue weighted by Crippen LogP contribution is 2.09. The maximum absolute atomic E-state index is 11.6. The number of benzene rings is 1. The topological polar surface area (TPSA) is 69.7 Å². The molecule has 1 aromatic rings. The summed E-state index contributed by atoms with van der Waals surface area (Å²) in [4.78, 5) is 34.4. The quantitative estimate of drug-likeness (QED) is 0.315. The van der Waals surface area contributed by atoms with E-state index < -0.39 is 23.3 Å². The Balaban J connectivity index is 2.24. The molecule has 0 aliphatic carbocycles. The fourth-order valence-electron chi connectivity index (χ4n) is 1.62. The molecule has 0 radical (unpaired) electrons. The van der Waals surface area contributed by atoms with Crippen LogP contribution in [0.25, 0.3) is 0 Å². The lowest BCUT2D eigenvalue weighted by Gasteiger charge is -2.10. The number of hydrogen-bond acceptors (Lipinski definition) is 5. The van der Waals surface area contributed by atoms with Gasteiger partial charge in [-0.05, 0) is 18.9 Å². The summed E-state index contributed by atoms with van der Waals surface area (Å²) >= 11 is 5.94. The molecular weight excluding hydrogens is 320 g/mol. The van der Waals surface area contributed by atoms with Crippen molar-refractivity contribution in [3.63, 3.8) is 0 Å². The van der Waals surface area contributed by atoms with Crippen LogP contribution in [0.5, 0.6) is 0 Å². The highest BCUT2D eigenvalue weighted by atomic mass is 35.5. The lowest BCUT2D eigenvalue weighted by Crippen LogP contribution is -2.18. The van der Waals surface area contributed by atoms with Gasteiger partial charge >= 0.3 is 17.9 Å². The maximum atomic E-state index is 11.6. The van der Waals surface area contributed by atoms with Crippen LogP contribution in [0.1, 0.15) is 25.3 Å². The van der Waals surface area contributed by atoms with Gasteiger partial charge in [0, 0.05) is 12.0 Å². The molecule has 124 valence electrons. The second-order valence-electron chi connectivity index (χ2n) is 5.02. The minimum absolute atomic E-state index is 0.0285. The lowest BCUT2D eigenvalue weighted by molar-refractivity contribution is -0.159. The molecule has 0 aliphatic rings. The van der Waals surface area contributed by atoms with Crippen LogP contribution in [-0.2, 0) is 30.3 Å². The van der Waals surface area contributed by atoms with E-state index in [4.69, 9.17) is 21.1 Å². The summed E-state index contributed by atoms with van der Waals surface area (Å²) in [6.07, 6.45) is 0.245. The predicted octanol–water partition coefficient (Wildman–Crippen LogP) is 2.81. The highest BCUT2D eigenvalue weighted by Gasteiger charge is 2.15. The van der Waals surface area contributed by atoms with Crippen molar-refractivity contribution >= 4 is 29.5 Å². The van der Waals surface area contributed by atoms with Gasteiger partial charge in [-0.15, -0.1) is 11.6 Å². The van der Waals surface area contributed by atoms with Crippen molar-refractivity contribution in [2.24, 2.45) is 0 Å². The van der Waals surface area contributed by atoms with Crippen molar-refractivity contribution < 1.29 is 23.9 Å². The van der Waals surface area contributed by atoms with Gasteiger partial charge in [-0.3, -0.25) is 9.59 Å². The molecule has 1 atom stereocenters. The monoisotopic (exact) mass is 338 g/mol. The Hall–Kier alpha value is -2.14. The number of rotatable bonds is 8. The van der Waals surface area contributed by atoms with Gasteiger partial charge in [-0.1, -0.05) is 36.9 Å². The molecule has 0 amide bonds. The molecular formula is C17H19ClO5. The molecule has 0 saturated heterocycles. The minimum atomic E-state index is -0.650. The smallest absolute Gasteiger partial charge is 0.333 e. The van der Waals surface area contributed by atoms with Crippen LogP contribution in [-0.4, -0.2) is 29.9 Å². The summed E-state index contributed by atoms with van der Waals surface area (Å²) in [6, 6.07) is 8.98. The first kappa shape index (κ1) is 18.9. The molecule has 0 heterocycles. The summed E-state index contributed by atoms with van der Waals surface area (Å²) in [5.41, 5.74) is 1.05. The first-order valence-electron chi connectivity index (χ1n) is 7.12. The highest BCUT2D eigenvalue weighted by molar-refractivity contribution is 6.20. The first-order valence-corrected chi connectivity index (χ1v) is 7.56. The second-order valence-corrected chi connectivity index (χ2v) is 5.64. The second kappa shape index (κ2) is 9.79. The van der Waals surface area contributed by atoms with E-state index in [-0.39, 0.29) is 31.4 Å². The fraction of sp³-hybridized carbons (Fsp3) is 0.353. The number of alkyl halides is 1. The van der Waals surface area contributed by atoms with Crippen LogP contribution in [0, 0.1) is 0 Å². The minimum Gasteiger partial charge on any atom is -0.461 e. The Bertz CT molecular complexity index is 568. The summed E-state index contributed by atoms with van der Waals surface area (Å²) in [6.45, 7) is 4.94. The van der Waals surface area contributed by atoms with Gasteiger partial charge in [0.1, 0.15) is 6.61 Å². The lowest BCUT2D eigenvalue weighted by atomic mass is 10.1. The van der Waals surface area contributed by atoms with Crippen molar-refractivity contribution in [3.8, 4) is 0 Å². The van der Waals surface area contributed by atoms with Gasteiger partial charge in [0.25, 0.3) is 0 Å². The van der Waals surface area contributed by atoms with Crippen LogP contribution in [0.15, 0.2) is 42.5 Å². The fourth-order valence-corrected chi connectivity index (χ4v) is 1.80. The van der Waals surface area contributed by atoms with E-state index in [1.54, 1.807) is 24.3 Å². The molecule has 0 spiro atoms. The van der Waals surface area contributed by atoms with E-state index in [9.17, 15) is 14.4 Å². The molecule has 0 bridgehead atoms. The number of ether oxygens (including phenoxy) is 2. The third-order valence-electron chi connectivity index (χ3n) is 2.82. The van der Waals surface area contributed by atoms with Crippen molar-refractivity contribution in [1.82, 2.24) is 0 Å². The molecule has 0 aromatic heterocycles. The van der Waals surface area contributed by atoms with E-state index >= 15 is 0 Å². The number of hydrogen-bond donors (Lipinski definition) is 0. The van der Waals surface area contributed by atoms with Gasteiger partial charge in [0.05, 0.1) is 11.8 Å². The molecule has 0 saturated carbocycles. The molecule has 1 rings (SSSR count). The van der Waals surface area contributed by atoms with Crippen LogP contribution in [0.2, 0.25) is 0 Å². The number of esters is 3. The predicted molar refractivity (Wildman–Crippen MR) is 85.9 cm³/mol. The van der Waals surface area contributed by atoms with Gasteiger partial charge in [-0.25, -0.2) is 4.79 Å². The largest absolute Gasteiger partial charge is 0.461 e. The summed E-state index contributed by atoms with van der Waals surface area (Å²) < 4.78 is 9.58. The number of halogens is 1. The molecule has 5 nitrogen and oxygen atoms in total. The molecule has 6 heteroatoms. The average molecular weight is 339 g/mol. The SMILES string of the molecule is C=C(C)C(=O)OCC(Cl)CCC(=O)OC(=O)Cc1ccccc1. The molecule has 0 fully saturated rings. The third-order valence-corrected chi connectivity index (χ3v) is 3.17. The van der Waals surface area contributed by atoms with Gasteiger partial charge < -0.3 is 9.47 Å². The zero-order valence-corrected chi connectivity index (χ0v) is 13.7. The van der Waals surface area contributed by atoms with Gasteiger partial charge in [0.2, 0.25) is 0 Å². The third kappa shape index (κ3) is 8.16. The van der Waals surface area contributed by atoms with E-state index in [0.717, 1.165) is 5.56 Å². The van der Waals surface area contributed by atoms with Crippen molar-refractivity contribution in [2.45, 2.75) is 31.6 Å². The van der Waals surface area contributed by atoms with E-state index in [2.05, 4.69) is 6.58 Å². The van der Waals surface area contributed by atoms with Crippen molar-refractivity contribution in [3.05, 3.63) is 48.0 Å². The van der Waals surface area contributed by atoms with Gasteiger partial charge in [-0.2, -0.15) is 0 Å². The molecule has 0 N–H and O–H groups in total. The number of carbonyl (C=O) groups excluding carboxylic acids is 3. The summed E-state index contributed by atoms with van der Waals surface area (Å²) in [7, 11) is 0. The summed E-state index contributed by atoms with van der Waals surface area (Å²) in [5, 5.41) is -0.532. The van der Waals surface area contributed by atoms with Crippen LogP contribution < -0.4 is 0 Å². The molecule has 0 aliphatic heterocycles. The normalized spacial score (nSPS) is 11.4. The Morgan fingerprint density at radius 1 is 1.17 bits per heavy atom. The van der Waals surface area contributed by atoms with E-state index in [0.29, 0.717) is 0 Å². The molecule has 23 heavy (non-hydrogen) atoms. The zero-order chi connectivity index (χ0) is 17.2. The first-order chi connectivity index (χ1) is 10.9. The zero-order valence-electron chi connectivity index (χ0n) is 12.9. The van der Waals surface area contributed by atoms with Crippen LogP contribution in [0.4, 0.5) is 0 Å². The molecule has 1 aromatic carbocycles. The Labute approximate surface area is 140 Å². The van der Waals surface area contributed by atoms with E-state index in [1.165, 1.54) is 6.92 Å². The summed E-state index contributed by atoms with van der Waals surface area (Å²) in [5.74, 6) is -1.79. The maximum Gasteiger partial charge on any atom is 0.333 e.